The standard InChI is InChI=1S/C28H24N2/c1-21-17-18-25-26(19-21)29-28(24-15-9-4-10-16-24)30(20-22-11-5-2-6-12-22)27(25)23-13-7-3-8-14-23/h2-19,27H,20H2,1H3. The van der Waals surface area contributed by atoms with E-state index in [1.54, 1.807) is 0 Å². The van der Waals surface area contributed by atoms with Crippen LogP contribution in [0.2, 0.25) is 0 Å². The lowest BCUT2D eigenvalue weighted by molar-refractivity contribution is 0.345. The number of aliphatic imine (C=N–C) groups is 1. The third kappa shape index (κ3) is 3.53. The molecule has 30 heavy (non-hydrogen) atoms. The summed E-state index contributed by atoms with van der Waals surface area (Å²) in [5, 5.41) is 0. The summed E-state index contributed by atoms with van der Waals surface area (Å²) in [6.45, 7) is 2.92. The zero-order chi connectivity index (χ0) is 20.3. The second-order valence-corrected chi connectivity index (χ2v) is 7.79. The summed E-state index contributed by atoms with van der Waals surface area (Å²) < 4.78 is 0. The van der Waals surface area contributed by atoms with Gasteiger partial charge in [0.05, 0.1) is 11.7 Å². The van der Waals surface area contributed by atoms with Crippen LogP contribution in [0.15, 0.2) is 114 Å². The number of hydrogen-bond donors (Lipinski definition) is 0. The number of aryl methyl sites for hydroxylation is 1. The van der Waals surface area contributed by atoms with Gasteiger partial charge in [-0.15, -0.1) is 0 Å². The Morgan fingerprint density at radius 2 is 1.37 bits per heavy atom. The van der Waals surface area contributed by atoms with Crippen LogP contribution < -0.4 is 0 Å². The van der Waals surface area contributed by atoms with Gasteiger partial charge in [-0.2, -0.15) is 0 Å². The third-order valence-corrected chi connectivity index (χ3v) is 5.63. The molecule has 0 saturated carbocycles. The van der Waals surface area contributed by atoms with Crippen LogP contribution in [0, 0.1) is 6.92 Å². The normalized spacial score (nSPS) is 15.4. The molecule has 2 heteroatoms. The van der Waals surface area contributed by atoms with Crippen LogP contribution in [0.1, 0.15) is 33.9 Å². The number of hydrogen-bond acceptors (Lipinski definition) is 2. The zero-order valence-corrected chi connectivity index (χ0v) is 17.1. The van der Waals surface area contributed by atoms with Crippen LogP contribution in [0.4, 0.5) is 5.69 Å². The van der Waals surface area contributed by atoms with Gasteiger partial charge in [-0.05, 0) is 29.7 Å². The molecule has 0 spiro atoms. The summed E-state index contributed by atoms with van der Waals surface area (Å²) in [6.07, 6.45) is 0. The van der Waals surface area contributed by atoms with E-state index >= 15 is 0 Å². The highest BCUT2D eigenvalue weighted by Crippen LogP contribution is 2.41. The van der Waals surface area contributed by atoms with Crippen molar-refractivity contribution in [3.63, 3.8) is 0 Å². The highest BCUT2D eigenvalue weighted by Gasteiger charge is 2.32. The fourth-order valence-electron chi connectivity index (χ4n) is 4.21. The first-order chi connectivity index (χ1) is 14.8. The van der Waals surface area contributed by atoms with Crippen molar-refractivity contribution in [2.75, 3.05) is 0 Å². The molecule has 1 atom stereocenters. The zero-order valence-electron chi connectivity index (χ0n) is 17.1. The summed E-state index contributed by atoms with van der Waals surface area (Å²) >= 11 is 0. The van der Waals surface area contributed by atoms with E-state index in [4.69, 9.17) is 4.99 Å². The molecule has 1 aliphatic heterocycles. The van der Waals surface area contributed by atoms with E-state index in [0.717, 1.165) is 23.6 Å². The molecule has 0 aliphatic carbocycles. The van der Waals surface area contributed by atoms with E-state index < -0.39 is 0 Å². The minimum Gasteiger partial charge on any atom is -0.341 e. The molecule has 0 amide bonds. The van der Waals surface area contributed by atoms with Crippen molar-refractivity contribution in [2.24, 2.45) is 4.99 Å². The van der Waals surface area contributed by atoms with Crippen molar-refractivity contribution in [3.8, 4) is 0 Å². The summed E-state index contributed by atoms with van der Waals surface area (Å²) in [7, 11) is 0. The molecule has 1 unspecified atom stereocenters. The van der Waals surface area contributed by atoms with Gasteiger partial charge in [0, 0.05) is 17.7 Å². The number of nitrogens with zero attached hydrogens (tertiary/aromatic N) is 2. The maximum atomic E-state index is 5.17. The van der Waals surface area contributed by atoms with E-state index in [1.807, 2.05) is 0 Å². The fourth-order valence-corrected chi connectivity index (χ4v) is 4.21. The number of benzene rings is 4. The lowest BCUT2D eigenvalue weighted by atomic mass is 9.91. The quantitative estimate of drug-likeness (QED) is 0.381. The van der Waals surface area contributed by atoms with E-state index in [-0.39, 0.29) is 6.04 Å². The molecule has 0 bridgehead atoms. The second-order valence-electron chi connectivity index (χ2n) is 7.79. The maximum Gasteiger partial charge on any atom is 0.137 e. The first kappa shape index (κ1) is 18.4. The van der Waals surface area contributed by atoms with Gasteiger partial charge in [0.25, 0.3) is 0 Å². The van der Waals surface area contributed by atoms with Crippen molar-refractivity contribution < 1.29 is 0 Å². The van der Waals surface area contributed by atoms with Crippen molar-refractivity contribution in [2.45, 2.75) is 19.5 Å². The molecule has 4 aromatic rings. The summed E-state index contributed by atoms with van der Waals surface area (Å²) in [6, 6.07) is 38.7. The van der Waals surface area contributed by atoms with E-state index in [9.17, 15) is 0 Å². The molecular weight excluding hydrogens is 364 g/mol. The van der Waals surface area contributed by atoms with Gasteiger partial charge in [-0.25, -0.2) is 4.99 Å². The Labute approximate surface area is 178 Å². The minimum atomic E-state index is 0.106. The minimum absolute atomic E-state index is 0.106. The summed E-state index contributed by atoms with van der Waals surface area (Å²) in [5.74, 6) is 1.02. The van der Waals surface area contributed by atoms with Crippen molar-refractivity contribution in [3.05, 3.63) is 137 Å². The number of fused-ring (bicyclic) bond motifs is 1. The lowest BCUT2D eigenvalue weighted by Crippen LogP contribution is -2.38. The third-order valence-electron chi connectivity index (χ3n) is 5.63. The van der Waals surface area contributed by atoms with Crippen LogP contribution in [-0.4, -0.2) is 10.7 Å². The smallest absolute Gasteiger partial charge is 0.137 e. The monoisotopic (exact) mass is 388 g/mol. The van der Waals surface area contributed by atoms with E-state index in [2.05, 4.69) is 121 Å². The molecule has 146 valence electrons. The van der Waals surface area contributed by atoms with Crippen molar-refractivity contribution in [1.29, 1.82) is 0 Å². The van der Waals surface area contributed by atoms with Gasteiger partial charge >= 0.3 is 0 Å². The molecule has 0 radical (unpaired) electrons. The van der Waals surface area contributed by atoms with Gasteiger partial charge in [0.15, 0.2) is 0 Å². The Kier molecular flexibility index (Phi) is 4.90. The Morgan fingerprint density at radius 1 is 0.733 bits per heavy atom. The van der Waals surface area contributed by atoms with Gasteiger partial charge in [-0.1, -0.05) is 103 Å². The van der Waals surface area contributed by atoms with Crippen LogP contribution in [-0.2, 0) is 6.54 Å². The Bertz CT molecular complexity index is 1170. The predicted octanol–water partition coefficient (Wildman–Crippen LogP) is 6.68. The average molecular weight is 389 g/mol. The Hall–Kier alpha value is -3.65. The maximum absolute atomic E-state index is 5.17. The molecule has 2 nitrogen and oxygen atoms in total. The van der Waals surface area contributed by atoms with Gasteiger partial charge in [0.2, 0.25) is 0 Å². The number of amidine groups is 1. The molecule has 1 heterocycles. The first-order valence-electron chi connectivity index (χ1n) is 10.4. The van der Waals surface area contributed by atoms with Crippen molar-refractivity contribution >= 4 is 11.5 Å². The number of rotatable bonds is 4. The van der Waals surface area contributed by atoms with E-state index in [0.29, 0.717) is 0 Å². The average Bonchev–Trinajstić information content (AvgIpc) is 2.80. The Morgan fingerprint density at radius 3 is 2.07 bits per heavy atom. The van der Waals surface area contributed by atoms with Gasteiger partial charge in [0.1, 0.15) is 5.84 Å². The Balaban J connectivity index is 1.72. The highest BCUT2D eigenvalue weighted by atomic mass is 15.2. The molecule has 1 aliphatic rings. The van der Waals surface area contributed by atoms with Crippen LogP contribution >= 0.6 is 0 Å². The van der Waals surface area contributed by atoms with Gasteiger partial charge in [-0.3, -0.25) is 0 Å². The summed E-state index contributed by atoms with van der Waals surface area (Å²) in [5.41, 5.74) is 7.24. The molecule has 0 fully saturated rings. The SMILES string of the molecule is Cc1ccc2c(c1)N=C(c1ccccc1)N(Cc1ccccc1)C2c1ccccc1. The molecule has 4 aromatic carbocycles. The van der Waals surface area contributed by atoms with Gasteiger partial charge < -0.3 is 4.90 Å². The fraction of sp³-hybridized carbons (Fsp3) is 0.107. The van der Waals surface area contributed by atoms with Crippen LogP contribution in [0.3, 0.4) is 0 Å². The lowest BCUT2D eigenvalue weighted by Gasteiger charge is -2.39. The molecule has 5 rings (SSSR count). The molecule has 0 N–H and O–H groups in total. The van der Waals surface area contributed by atoms with E-state index in [1.165, 1.54) is 22.3 Å². The second kappa shape index (κ2) is 8.00. The topological polar surface area (TPSA) is 15.6 Å². The molecule has 0 aromatic heterocycles. The van der Waals surface area contributed by atoms with Crippen LogP contribution in [0.5, 0.6) is 0 Å². The molecule has 0 saturated heterocycles. The molecular formula is C28H24N2. The largest absolute Gasteiger partial charge is 0.341 e. The van der Waals surface area contributed by atoms with Crippen molar-refractivity contribution in [1.82, 2.24) is 4.90 Å². The first-order valence-corrected chi connectivity index (χ1v) is 10.4. The predicted molar refractivity (Wildman–Crippen MR) is 124 cm³/mol. The summed E-state index contributed by atoms with van der Waals surface area (Å²) in [4.78, 5) is 7.61. The highest BCUT2D eigenvalue weighted by molar-refractivity contribution is 6.02. The van der Waals surface area contributed by atoms with Crippen LogP contribution in [0.25, 0.3) is 0 Å².